The molecule has 112 valence electrons. The minimum absolute atomic E-state index is 0.331. The molecule has 0 aliphatic heterocycles. The third-order valence-electron chi connectivity index (χ3n) is 3.99. The molecule has 2 aromatic carbocycles. The van der Waals surface area contributed by atoms with Gasteiger partial charge in [-0.1, -0.05) is 42.0 Å². The number of anilines is 1. The predicted molar refractivity (Wildman–Crippen MR) is 91.9 cm³/mol. The topological polar surface area (TPSA) is 15.3 Å². The van der Waals surface area contributed by atoms with E-state index < -0.39 is 0 Å². The molecule has 2 rings (SSSR count). The lowest BCUT2D eigenvalue weighted by Crippen LogP contribution is -2.22. The molecule has 0 bridgehead atoms. The highest BCUT2D eigenvalue weighted by atomic mass is 15.1. The fourth-order valence-electron chi connectivity index (χ4n) is 2.48. The standard InChI is InChI=1S/C19H26N2/c1-14-6-8-17(9-7-14)15(2)20-16(3)18-10-12-19(13-11-18)21(4)5/h6-13,15-16,20H,1-5H3/t15-,16?/m0/s1. The molecule has 21 heavy (non-hydrogen) atoms. The first-order valence-electron chi connectivity index (χ1n) is 7.57. The molecular weight excluding hydrogens is 256 g/mol. The van der Waals surface area contributed by atoms with Crippen LogP contribution in [0.4, 0.5) is 5.69 Å². The third kappa shape index (κ3) is 4.08. The number of rotatable bonds is 5. The van der Waals surface area contributed by atoms with Crippen LogP contribution in [0.3, 0.4) is 0 Å². The summed E-state index contributed by atoms with van der Waals surface area (Å²) in [5.41, 5.74) is 5.19. The summed E-state index contributed by atoms with van der Waals surface area (Å²) in [6.45, 7) is 6.56. The lowest BCUT2D eigenvalue weighted by atomic mass is 10.0. The van der Waals surface area contributed by atoms with Crippen molar-refractivity contribution in [1.82, 2.24) is 5.32 Å². The van der Waals surface area contributed by atoms with Crippen molar-refractivity contribution >= 4 is 5.69 Å². The van der Waals surface area contributed by atoms with Crippen LogP contribution in [0, 0.1) is 6.92 Å². The van der Waals surface area contributed by atoms with E-state index in [-0.39, 0.29) is 0 Å². The molecular formula is C19H26N2. The van der Waals surface area contributed by atoms with Crippen molar-refractivity contribution in [2.24, 2.45) is 0 Å². The summed E-state index contributed by atoms with van der Waals surface area (Å²) in [5.74, 6) is 0. The van der Waals surface area contributed by atoms with Crippen LogP contribution in [-0.2, 0) is 0 Å². The fraction of sp³-hybridized carbons (Fsp3) is 0.368. The molecule has 0 heterocycles. The Morgan fingerprint density at radius 3 is 1.62 bits per heavy atom. The molecule has 0 amide bonds. The van der Waals surface area contributed by atoms with Gasteiger partial charge in [0.15, 0.2) is 0 Å². The second-order valence-electron chi connectivity index (χ2n) is 6.01. The van der Waals surface area contributed by atoms with E-state index in [0.29, 0.717) is 12.1 Å². The maximum absolute atomic E-state index is 3.67. The van der Waals surface area contributed by atoms with Gasteiger partial charge in [-0.2, -0.15) is 0 Å². The van der Waals surface area contributed by atoms with Gasteiger partial charge in [0.2, 0.25) is 0 Å². The third-order valence-corrected chi connectivity index (χ3v) is 3.99. The molecule has 0 aromatic heterocycles. The smallest absolute Gasteiger partial charge is 0.0361 e. The van der Waals surface area contributed by atoms with Crippen molar-refractivity contribution in [1.29, 1.82) is 0 Å². The van der Waals surface area contributed by atoms with E-state index in [0.717, 1.165) is 0 Å². The van der Waals surface area contributed by atoms with Crippen LogP contribution < -0.4 is 10.2 Å². The Labute approximate surface area is 128 Å². The number of hydrogen-bond acceptors (Lipinski definition) is 2. The first-order chi connectivity index (χ1) is 9.97. The van der Waals surface area contributed by atoms with E-state index in [2.05, 4.69) is 93.6 Å². The fourth-order valence-corrected chi connectivity index (χ4v) is 2.48. The van der Waals surface area contributed by atoms with E-state index in [9.17, 15) is 0 Å². The second-order valence-corrected chi connectivity index (χ2v) is 6.01. The quantitative estimate of drug-likeness (QED) is 0.870. The molecule has 0 saturated carbocycles. The van der Waals surface area contributed by atoms with E-state index in [4.69, 9.17) is 0 Å². The lowest BCUT2D eigenvalue weighted by Gasteiger charge is -2.22. The molecule has 0 aliphatic rings. The Balaban J connectivity index is 2.03. The predicted octanol–water partition coefficient (Wildman–Crippen LogP) is 4.47. The van der Waals surface area contributed by atoms with Gasteiger partial charge < -0.3 is 10.2 Å². The van der Waals surface area contributed by atoms with Gasteiger partial charge in [0.05, 0.1) is 0 Å². The van der Waals surface area contributed by atoms with E-state index in [1.54, 1.807) is 0 Å². The first kappa shape index (κ1) is 15.6. The van der Waals surface area contributed by atoms with Crippen LogP contribution in [-0.4, -0.2) is 14.1 Å². The molecule has 1 N–H and O–H groups in total. The van der Waals surface area contributed by atoms with E-state index in [1.807, 2.05) is 0 Å². The van der Waals surface area contributed by atoms with Crippen LogP contribution in [0.5, 0.6) is 0 Å². The highest BCUT2D eigenvalue weighted by molar-refractivity contribution is 5.46. The van der Waals surface area contributed by atoms with Crippen LogP contribution in [0.2, 0.25) is 0 Å². The maximum Gasteiger partial charge on any atom is 0.0361 e. The van der Waals surface area contributed by atoms with Gasteiger partial charge in [-0.05, 0) is 44.0 Å². The zero-order chi connectivity index (χ0) is 15.4. The van der Waals surface area contributed by atoms with Crippen molar-refractivity contribution in [2.75, 3.05) is 19.0 Å². The number of nitrogens with one attached hydrogen (secondary N) is 1. The van der Waals surface area contributed by atoms with Gasteiger partial charge >= 0.3 is 0 Å². The highest BCUT2D eigenvalue weighted by Gasteiger charge is 2.11. The molecule has 2 nitrogen and oxygen atoms in total. The molecule has 0 saturated heterocycles. The van der Waals surface area contributed by atoms with Gasteiger partial charge in [-0.15, -0.1) is 0 Å². The minimum Gasteiger partial charge on any atom is -0.378 e. The average Bonchev–Trinajstić information content (AvgIpc) is 2.47. The number of benzene rings is 2. The van der Waals surface area contributed by atoms with E-state index in [1.165, 1.54) is 22.4 Å². The molecule has 0 fully saturated rings. The zero-order valence-corrected chi connectivity index (χ0v) is 13.7. The number of aryl methyl sites for hydroxylation is 1. The molecule has 2 aromatic rings. The van der Waals surface area contributed by atoms with Crippen LogP contribution in [0.25, 0.3) is 0 Å². The van der Waals surface area contributed by atoms with Gasteiger partial charge in [0.1, 0.15) is 0 Å². The van der Waals surface area contributed by atoms with Crippen LogP contribution >= 0.6 is 0 Å². The Bertz CT molecular complexity index is 555. The number of hydrogen-bond donors (Lipinski definition) is 1. The Hall–Kier alpha value is -1.80. The molecule has 2 heteroatoms. The molecule has 0 spiro atoms. The summed E-state index contributed by atoms with van der Waals surface area (Å²) in [5, 5.41) is 3.67. The SMILES string of the molecule is Cc1ccc([C@H](C)NC(C)c2ccc(N(C)C)cc2)cc1. The van der Waals surface area contributed by atoms with Gasteiger partial charge in [-0.3, -0.25) is 0 Å². The summed E-state index contributed by atoms with van der Waals surface area (Å²) in [6, 6.07) is 18.2. The van der Waals surface area contributed by atoms with Crippen LogP contribution in [0.1, 0.15) is 42.6 Å². The highest BCUT2D eigenvalue weighted by Crippen LogP contribution is 2.21. The molecule has 1 unspecified atom stereocenters. The van der Waals surface area contributed by atoms with Crippen molar-refractivity contribution in [3.05, 3.63) is 65.2 Å². The zero-order valence-electron chi connectivity index (χ0n) is 13.7. The van der Waals surface area contributed by atoms with Crippen LogP contribution in [0.15, 0.2) is 48.5 Å². The second kappa shape index (κ2) is 6.77. The van der Waals surface area contributed by atoms with Crippen molar-refractivity contribution < 1.29 is 0 Å². The Morgan fingerprint density at radius 2 is 1.19 bits per heavy atom. The average molecular weight is 282 g/mol. The van der Waals surface area contributed by atoms with Crippen molar-refractivity contribution in [3.8, 4) is 0 Å². The Morgan fingerprint density at radius 1 is 0.762 bits per heavy atom. The summed E-state index contributed by atoms with van der Waals surface area (Å²) in [7, 11) is 4.13. The molecule has 0 radical (unpaired) electrons. The molecule has 2 atom stereocenters. The van der Waals surface area contributed by atoms with Crippen molar-refractivity contribution in [3.63, 3.8) is 0 Å². The summed E-state index contributed by atoms with van der Waals surface area (Å²) in [6.07, 6.45) is 0. The minimum atomic E-state index is 0.331. The van der Waals surface area contributed by atoms with Gasteiger partial charge in [0.25, 0.3) is 0 Å². The van der Waals surface area contributed by atoms with Gasteiger partial charge in [-0.25, -0.2) is 0 Å². The number of nitrogens with zero attached hydrogens (tertiary/aromatic N) is 1. The monoisotopic (exact) mass is 282 g/mol. The largest absolute Gasteiger partial charge is 0.378 e. The summed E-state index contributed by atoms with van der Waals surface area (Å²) >= 11 is 0. The molecule has 0 aliphatic carbocycles. The summed E-state index contributed by atoms with van der Waals surface area (Å²) in [4.78, 5) is 2.12. The van der Waals surface area contributed by atoms with Gasteiger partial charge in [0, 0.05) is 31.9 Å². The van der Waals surface area contributed by atoms with E-state index >= 15 is 0 Å². The first-order valence-corrected chi connectivity index (χ1v) is 7.57. The van der Waals surface area contributed by atoms with Crippen molar-refractivity contribution in [2.45, 2.75) is 32.9 Å². The normalized spacial score (nSPS) is 13.8. The maximum atomic E-state index is 3.67. The Kier molecular flexibility index (Phi) is 5.03. The summed E-state index contributed by atoms with van der Waals surface area (Å²) < 4.78 is 0. The lowest BCUT2D eigenvalue weighted by molar-refractivity contribution is 0.494.